The first kappa shape index (κ1) is 18.8. The first-order valence-electron chi connectivity index (χ1n) is 6.50. The van der Waals surface area contributed by atoms with Crippen molar-refractivity contribution in [3.8, 4) is 0 Å². The molecule has 1 rings (SSSR count). The van der Waals surface area contributed by atoms with Gasteiger partial charge in [-0.2, -0.15) is 0 Å². The lowest BCUT2D eigenvalue weighted by Gasteiger charge is -2.20. The summed E-state index contributed by atoms with van der Waals surface area (Å²) < 4.78 is 26.8. The maximum absolute atomic E-state index is 13.7. The molecule has 0 aliphatic carbocycles. The second-order valence-corrected chi connectivity index (χ2v) is 4.53. The summed E-state index contributed by atoms with van der Waals surface area (Å²) in [4.78, 5) is 11.8. The van der Waals surface area contributed by atoms with E-state index in [4.69, 9.17) is 5.73 Å². The fourth-order valence-electron chi connectivity index (χ4n) is 1.90. The number of hydrogen-bond donors (Lipinski definition) is 2. The van der Waals surface area contributed by atoms with E-state index in [1.807, 2.05) is 6.92 Å². The predicted molar refractivity (Wildman–Crippen MR) is 77.7 cm³/mol. The van der Waals surface area contributed by atoms with Gasteiger partial charge in [-0.25, -0.2) is 8.78 Å². The van der Waals surface area contributed by atoms with E-state index in [1.165, 1.54) is 0 Å². The molecule has 0 aliphatic heterocycles. The zero-order valence-electron chi connectivity index (χ0n) is 11.7. The van der Waals surface area contributed by atoms with Crippen LogP contribution in [0.3, 0.4) is 0 Å². The van der Waals surface area contributed by atoms with Crippen molar-refractivity contribution < 1.29 is 13.6 Å². The Balaban J connectivity index is 0.00000361. The van der Waals surface area contributed by atoms with Crippen molar-refractivity contribution in [2.45, 2.75) is 45.2 Å². The summed E-state index contributed by atoms with van der Waals surface area (Å²) in [6.45, 7) is 3.72. The zero-order chi connectivity index (χ0) is 14.4. The number of carbonyl (C=O) groups excluding carboxylic acids is 1. The SMILES string of the molecule is CCCC(N)C(=O)NC(CC)c1cc(F)ccc1F.Cl. The van der Waals surface area contributed by atoms with Crippen LogP contribution in [0.2, 0.25) is 0 Å². The van der Waals surface area contributed by atoms with Gasteiger partial charge in [0.2, 0.25) is 5.91 Å². The second kappa shape index (κ2) is 8.87. The molecule has 2 atom stereocenters. The maximum Gasteiger partial charge on any atom is 0.237 e. The highest BCUT2D eigenvalue weighted by molar-refractivity contribution is 5.85. The molecule has 0 saturated carbocycles. The fraction of sp³-hybridized carbons (Fsp3) is 0.500. The van der Waals surface area contributed by atoms with Gasteiger partial charge in [-0.15, -0.1) is 12.4 Å². The zero-order valence-corrected chi connectivity index (χ0v) is 12.5. The predicted octanol–water partition coefficient (Wildman–Crippen LogP) is 3.08. The molecule has 0 aromatic heterocycles. The number of nitrogens with two attached hydrogens (primary N) is 1. The van der Waals surface area contributed by atoms with E-state index in [2.05, 4.69) is 5.32 Å². The maximum atomic E-state index is 13.7. The molecule has 1 aromatic carbocycles. The van der Waals surface area contributed by atoms with Crippen LogP contribution in [0.5, 0.6) is 0 Å². The average Bonchev–Trinajstić information content (AvgIpc) is 2.39. The van der Waals surface area contributed by atoms with E-state index in [0.29, 0.717) is 12.8 Å². The minimum absolute atomic E-state index is 0. The molecule has 0 heterocycles. The van der Waals surface area contributed by atoms with Crippen molar-refractivity contribution in [3.05, 3.63) is 35.4 Å². The smallest absolute Gasteiger partial charge is 0.237 e. The van der Waals surface area contributed by atoms with Crippen molar-refractivity contribution in [3.63, 3.8) is 0 Å². The molecule has 20 heavy (non-hydrogen) atoms. The number of rotatable bonds is 6. The molecule has 1 aromatic rings. The lowest BCUT2D eigenvalue weighted by Crippen LogP contribution is -2.42. The molecule has 0 saturated heterocycles. The van der Waals surface area contributed by atoms with Crippen molar-refractivity contribution in [2.75, 3.05) is 0 Å². The lowest BCUT2D eigenvalue weighted by molar-refractivity contribution is -0.123. The summed E-state index contributed by atoms with van der Waals surface area (Å²) in [7, 11) is 0. The van der Waals surface area contributed by atoms with Crippen molar-refractivity contribution in [1.29, 1.82) is 0 Å². The molecular weight excluding hydrogens is 286 g/mol. The number of benzene rings is 1. The van der Waals surface area contributed by atoms with E-state index in [-0.39, 0.29) is 23.9 Å². The van der Waals surface area contributed by atoms with E-state index < -0.39 is 23.7 Å². The van der Waals surface area contributed by atoms with Crippen LogP contribution < -0.4 is 11.1 Å². The highest BCUT2D eigenvalue weighted by atomic mass is 35.5. The summed E-state index contributed by atoms with van der Waals surface area (Å²) in [5, 5.41) is 2.66. The van der Waals surface area contributed by atoms with Gasteiger partial charge in [-0.1, -0.05) is 20.3 Å². The third-order valence-electron chi connectivity index (χ3n) is 2.99. The van der Waals surface area contributed by atoms with Crippen LogP contribution >= 0.6 is 12.4 Å². The van der Waals surface area contributed by atoms with E-state index >= 15 is 0 Å². The van der Waals surface area contributed by atoms with Gasteiger partial charge in [-0.05, 0) is 31.0 Å². The van der Waals surface area contributed by atoms with Gasteiger partial charge < -0.3 is 11.1 Å². The molecule has 0 fully saturated rings. The number of hydrogen-bond acceptors (Lipinski definition) is 2. The van der Waals surface area contributed by atoms with Crippen molar-refractivity contribution >= 4 is 18.3 Å². The first-order chi connectivity index (χ1) is 8.99. The van der Waals surface area contributed by atoms with E-state index in [0.717, 1.165) is 24.6 Å². The topological polar surface area (TPSA) is 55.1 Å². The van der Waals surface area contributed by atoms with Gasteiger partial charge in [0.25, 0.3) is 0 Å². The van der Waals surface area contributed by atoms with Gasteiger partial charge in [-0.3, -0.25) is 4.79 Å². The van der Waals surface area contributed by atoms with Crippen LogP contribution in [0.15, 0.2) is 18.2 Å². The van der Waals surface area contributed by atoms with Gasteiger partial charge in [0, 0.05) is 5.56 Å². The molecule has 0 aliphatic rings. The Kier molecular flexibility index (Phi) is 8.34. The molecule has 0 bridgehead atoms. The van der Waals surface area contributed by atoms with Crippen LogP contribution in [0, 0.1) is 11.6 Å². The van der Waals surface area contributed by atoms with E-state index in [9.17, 15) is 13.6 Å². The minimum Gasteiger partial charge on any atom is -0.348 e. The van der Waals surface area contributed by atoms with E-state index in [1.54, 1.807) is 6.92 Å². The first-order valence-corrected chi connectivity index (χ1v) is 6.50. The Morgan fingerprint density at radius 1 is 1.35 bits per heavy atom. The van der Waals surface area contributed by atoms with Crippen molar-refractivity contribution in [1.82, 2.24) is 5.32 Å². The van der Waals surface area contributed by atoms with Crippen LogP contribution in [0.25, 0.3) is 0 Å². The normalized spacial score (nSPS) is 13.2. The summed E-state index contributed by atoms with van der Waals surface area (Å²) in [5.74, 6) is -1.39. The van der Waals surface area contributed by atoms with Crippen molar-refractivity contribution in [2.24, 2.45) is 5.73 Å². The number of halogens is 3. The molecule has 6 heteroatoms. The lowest BCUT2D eigenvalue weighted by atomic mass is 10.0. The number of carbonyl (C=O) groups is 1. The Bertz CT molecular complexity index is 443. The molecule has 3 nitrogen and oxygen atoms in total. The molecule has 114 valence electrons. The molecule has 3 N–H and O–H groups in total. The number of amides is 1. The summed E-state index contributed by atoms with van der Waals surface area (Å²) >= 11 is 0. The quantitative estimate of drug-likeness (QED) is 0.848. The van der Waals surface area contributed by atoms with Gasteiger partial charge >= 0.3 is 0 Å². The highest BCUT2D eigenvalue weighted by Gasteiger charge is 2.20. The minimum atomic E-state index is -0.615. The molecule has 0 radical (unpaired) electrons. The summed E-state index contributed by atoms with van der Waals surface area (Å²) in [6, 6.07) is 2.04. The van der Waals surface area contributed by atoms with Crippen LogP contribution in [-0.2, 0) is 4.79 Å². The van der Waals surface area contributed by atoms with Crippen LogP contribution in [0.1, 0.15) is 44.7 Å². The third-order valence-corrected chi connectivity index (χ3v) is 2.99. The molecule has 1 amide bonds. The van der Waals surface area contributed by atoms with Crippen LogP contribution in [-0.4, -0.2) is 11.9 Å². The van der Waals surface area contributed by atoms with Crippen LogP contribution in [0.4, 0.5) is 8.78 Å². The molecule has 2 unspecified atom stereocenters. The molecule has 0 spiro atoms. The van der Waals surface area contributed by atoms with Gasteiger partial charge in [0.15, 0.2) is 0 Å². The number of nitrogens with one attached hydrogen (secondary N) is 1. The molecular formula is C14H21ClF2N2O. The third kappa shape index (κ3) is 5.06. The highest BCUT2D eigenvalue weighted by Crippen LogP contribution is 2.21. The fourth-order valence-corrected chi connectivity index (χ4v) is 1.90. The Hall–Kier alpha value is -1.20. The Labute approximate surface area is 124 Å². The Morgan fingerprint density at radius 2 is 2.00 bits per heavy atom. The monoisotopic (exact) mass is 306 g/mol. The average molecular weight is 307 g/mol. The second-order valence-electron chi connectivity index (χ2n) is 4.53. The summed E-state index contributed by atoms with van der Waals surface area (Å²) in [6.07, 6.45) is 1.82. The standard InChI is InChI=1S/C14H20F2N2O.ClH/c1-3-5-12(17)14(19)18-13(4-2)10-8-9(15)6-7-11(10)16;/h6-8,12-13H,3-5,17H2,1-2H3,(H,18,19);1H. The van der Waals surface area contributed by atoms with Gasteiger partial charge in [0.1, 0.15) is 11.6 Å². The largest absolute Gasteiger partial charge is 0.348 e. The summed E-state index contributed by atoms with van der Waals surface area (Å²) in [5.41, 5.74) is 5.85. The Morgan fingerprint density at radius 3 is 2.55 bits per heavy atom. The van der Waals surface area contributed by atoms with Gasteiger partial charge in [0.05, 0.1) is 12.1 Å².